The Morgan fingerprint density at radius 1 is 0.917 bits per heavy atom. The lowest BCUT2D eigenvalue weighted by Crippen LogP contribution is -2.26. The third-order valence-electron chi connectivity index (χ3n) is 7.24. The van der Waals surface area contributed by atoms with Gasteiger partial charge in [-0.25, -0.2) is 23.7 Å². The summed E-state index contributed by atoms with van der Waals surface area (Å²) < 4.78 is 53.8. The average Bonchev–Trinajstić information content (AvgIpc) is 3.56. The van der Waals surface area contributed by atoms with Gasteiger partial charge in [0, 0.05) is 40.4 Å². The van der Waals surface area contributed by atoms with Gasteiger partial charge in [-0.05, 0) is 18.2 Å². The summed E-state index contributed by atoms with van der Waals surface area (Å²) in [5.74, 6) is 5.41. The van der Waals surface area contributed by atoms with Gasteiger partial charge in [-0.3, -0.25) is 14.1 Å². The smallest absolute Gasteiger partial charge is 0.390 e. The first kappa shape index (κ1) is 34.0. The number of rotatable bonds is 8. The first-order valence-electron chi connectivity index (χ1n) is 13.6. The summed E-state index contributed by atoms with van der Waals surface area (Å²) in [7, 11) is -16.8. The minimum atomic E-state index is -5.73. The summed E-state index contributed by atoms with van der Waals surface area (Å²) in [6.07, 6.45) is -0.967. The number of hydrogen-bond donors (Lipinski definition) is 6. The minimum absolute atomic E-state index is 0.0635. The van der Waals surface area contributed by atoms with Crippen LogP contribution in [0.5, 0.6) is 0 Å². The number of carbonyl (C=O) groups is 2. The van der Waals surface area contributed by atoms with Crippen molar-refractivity contribution >= 4 is 51.9 Å². The zero-order valence-corrected chi connectivity index (χ0v) is 26.7. The van der Waals surface area contributed by atoms with Crippen molar-refractivity contribution in [2.45, 2.75) is 24.9 Å². The largest absolute Gasteiger partial charge is 0.490 e. The molecule has 0 bridgehead atoms. The van der Waals surface area contributed by atoms with Gasteiger partial charge < -0.3 is 39.7 Å². The molecule has 1 saturated heterocycles. The number of nitrogens with two attached hydrogens (primary N) is 1. The van der Waals surface area contributed by atoms with Crippen LogP contribution < -0.4 is 5.73 Å². The van der Waals surface area contributed by atoms with Gasteiger partial charge in [0.05, 0.1) is 23.7 Å². The van der Waals surface area contributed by atoms with Gasteiger partial charge in [-0.2, -0.15) is 8.62 Å². The van der Waals surface area contributed by atoms with Gasteiger partial charge >= 0.3 is 23.5 Å². The van der Waals surface area contributed by atoms with E-state index in [1.54, 1.807) is 30.3 Å². The monoisotopic (exact) mass is 720 g/mol. The number of aromatic nitrogens is 3. The third-order valence-corrected chi connectivity index (χ3v) is 11.0. The maximum absolute atomic E-state index is 13.1. The third kappa shape index (κ3) is 6.95. The van der Waals surface area contributed by atoms with E-state index in [9.17, 15) is 38.2 Å². The van der Waals surface area contributed by atoms with Crippen LogP contribution in [0, 0.1) is 11.8 Å². The fourth-order valence-electron chi connectivity index (χ4n) is 5.25. The van der Waals surface area contributed by atoms with Crippen molar-refractivity contribution < 1.29 is 65.8 Å². The van der Waals surface area contributed by atoms with Crippen molar-refractivity contribution in [3.8, 4) is 11.8 Å². The predicted octanol–water partition coefficient (Wildman–Crippen LogP) is 2.18. The summed E-state index contributed by atoms with van der Waals surface area (Å²) in [6, 6.07) is 11.2. The van der Waals surface area contributed by atoms with Crippen LogP contribution in [-0.2, 0) is 31.6 Å². The van der Waals surface area contributed by atoms with E-state index in [0.29, 0.717) is 27.6 Å². The van der Waals surface area contributed by atoms with E-state index in [1.165, 1.54) is 29.2 Å². The zero-order chi connectivity index (χ0) is 34.6. The van der Waals surface area contributed by atoms with Crippen LogP contribution in [0.2, 0.25) is 0 Å². The van der Waals surface area contributed by atoms with Crippen LogP contribution in [-0.4, -0.2) is 69.6 Å². The van der Waals surface area contributed by atoms with Crippen molar-refractivity contribution in [3.63, 3.8) is 0 Å². The Labute approximate surface area is 269 Å². The number of nitrogens with zero attached hydrogens (tertiary/aromatic N) is 3. The highest BCUT2D eigenvalue weighted by atomic mass is 31.3. The fourth-order valence-corrected chi connectivity index (χ4v) is 8.28. The summed E-state index contributed by atoms with van der Waals surface area (Å²) in [6.45, 7) is -0.867. The number of benzene rings is 2. The van der Waals surface area contributed by atoms with Crippen LogP contribution in [0.15, 0.2) is 55.0 Å². The topological polar surface area (TPSA) is 280 Å². The molecule has 48 heavy (non-hydrogen) atoms. The Hall–Kier alpha value is -3.91. The minimum Gasteiger partial charge on any atom is -0.390 e. The number of phosphoric ester groups is 1. The first-order chi connectivity index (χ1) is 22.5. The number of nitrogen functional groups attached to an aromatic ring is 1. The number of anilines is 1. The van der Waals surface area contributed by atoms with Crippen molar-refractivity contribution in [1.82, 2.24) is 14.5 Å². The Kier molecular flexibility index (Phi) is 8.86. The van der Waals surface area contributed by atoms with Crippen LogP contribution in [0.25, 0.3) is 11.0 Å². The van der Waals surface area contributed by atoms with Crippen LogP contribution in [0.4, 0.5) is 5.82 Å². The molecule has 1 aliphatic carbocycles. The molecule has 0 radical (unpaired) electrons. The van der Waals surface area contributed by atoms with Crippen LogP contribution in [0.1, 0.15) is 55.6 Å². The molecule has 6 rings (SSSR count). The highest BCUT2D eigenvalue weighted by molar-refractivity contribution is 7.66. The highest BCUT2D eigenvalue weighted by Crippen LogP contribution is 2.66. The van der Waals surface area contributed by atoms with Gasteiger partial charge in [0.25, 0.3) is 0 Å². The van der Waals surface area contributed by atoms with Gasteiger partial charge in [0.1, 0.15) is 30.1 Å². The molecule has 3 heterocycles. The number of carbonyl (C=O) groups excluding carboxylic acids is 2. The van der Waals surface area contributed by atoms with Gasteiger partial charge in [0.15, 0.2) is 11.6 Å². The van der Waals surface area contributed by atoms with Crippen molar-refractivity contribution in [3.05, 3.63) is 88.4 Å². The van der Waals surface area contributed by atoms with E-state index < -0.39 is 48.5 Å². The van der Waals surface area contributed by atoms with Gasteiger partial charge in [0.2, 0.25) is 0 Å². The Balaban J connectivity index is 1.23. The molecule has 0 amide bonds. The number of hydrogen-bond acceptors (Lipinski definition) is 13. The predicted molar refractivity (Wildman–Crippen MR) is 162 cm³/mol. The van der Waals surface area contributed by atoms with E-state index in [0.717, 1.165) is 0 Å². The molecule has 2 unspecified atom stereocenters. The van der Waals surface area contributed by atoms with E-state index in [-0.39, 0.29) is 40.6 Å². The van der Waals surface area contributed by atoms with Gasteiger partial charge in [-0.15, -0.1) is 0 Å². The molecule has 0 spiro atoms. The molecule has 4 aromatic rings. The first-order valence-corrected chi connectivity index (χ1v) is 18.1. The van der Waals surface area contributed by atoms with Crippen molar-refractivity contribution in [1.29, 1.82) is 0 Å². The Bertz CT molecular complexity index is 2210. The number of aliphatic hydroxyl groups excluding tert-OH is 1. The van der Waals surface area contributed by atoms with Gasteiger partial charge in [-0.1, -0.05) is 36.1 Å². The molecule has 1 fully saturated rings. The summed E-state index contributed by atoms with van der Waals surface area (Å²) in [5, 5.41) is 10.9. The number of ether oxygens (including phenoxy) is 1. The SMILES string of the molecule is Nc1ncnc2c1c(C#Cc1ccc3c(c1)C(=O)c1ccccc1C3=O)cn2[C@H]1C[C@H](O)[C@@H](COP(=O)(O)OP(=O)(O)OP(=O)(O)O)O1. The van der Waals surface area contributed by atoms with E-state index in [1.807, 2.05) is 0 Å². The molecule has 2 aliphatic rings. The van der Waals surface area contributed by atoms with Crippen LogP contribution >= 0.6 is 23.5 Å². The fraction of sp³-hybridized carbons (Fsp3) is 0.185. The summed E-state index contributed by atoms with van der Waals surface area (Å²) in [5.41, 5.74) is 8.26. The number of phosphoric acid groups is 3. The van der Waals surface area contributed by atoms with Crippen molar-refractivity contribution in [2.24, 2.45) is 0 Å². The molecule has 2 aromatic carbocycles. The molecule has 18 nitrogen and oxygen atoms in total. The molecule has 250 valence electrons. The molecular formula is C27H23N4O14P3. The average molecular weight is 720 g/mol. The molecule has 1 aliphatic heterocycles. The second-order valence-corrected chi connectivity index (χ2v) is 14.9. The lowest BCUT2D eigenvalue weighted by molar-refractivity contribution is -0.0421. The van der Waals surface area contributed by atoms with E-state index in [4.69, 9.17) is 20.3 Å². The highest BCUT2D eigenvalue weighted by Gasteiger charge is 2.43. The molecule has 0 saturated carbocycles. The lowest BCUT2D eigenvalue weighted by Gasteiger charge is -2.19. The Morgan fingerprint density at radius 2 is 1.58 bits per heavy atom. The normalized spacial score (nSPS) is 21.6. The van der Waals surface area contributed by atoms with Crippen LogP contribution in [0.3, 0.4) is 0 Å². The lowest BCUT2D eigenvalue weighted by atomic mass is 9.83. The zero-order valence-electron chi connectivity index (χ0n) is 24.0. The number of aliphatic hydroxyl groups is 1. The molecule has 7 N–H and O–H groups in total. The standard InChI is InChI=1S/C27H23N4O14P3/c28-26-23-15(7-5-14-6-8-18-19(9-14)25(34)17-4-2-1-3-16(17)24(18)33)11-31(27(23)30-13-29-26)22-10-20(32)21(43-22)12-42-47(38,39)45-48(40,41)44-46(35,36)37/h1-4,6,8-9,11,13,20-22,32H,10,12H2,(H,38,39)(H,40,41)(H2,28,29,30)(H2,35,36,37)/t20-,21+,22+/m0/s1. The van der Waals surface area contributed by atoms with E-state index >= 15 is 0 Å². The van der Waals surface area contributed by atoms with Crippen molar-refractivity contribution in [2.75, 3.05) is 12.3 Å². The summed E-state index contributed by atoms with van der Waals surface area (Å²) >= 11 is 0. The molecule has 5 atom stereocenters. The molecule has 21 heteroatoms. The Morgan fingerprint density at radius 3 is 2.27 bits per heavy atom. The molecular weight excluding hydrogens is 697 g/mol. The number of fused-ring (bicyclic) bond motifs is 3. The van der Waals surface area contributed by atoms with E-state index in [2.05, 4.69) is 35.0 Å². The maximum Gasteiger partial charge on any atom is 0.490 e. The second-order valence-electron chi connectivity index (χ2n) is 10.4. The maximum atomic E-state index is 13.1. The number of ketones is 2. The second kappa shape index (κ2) is 12.5. The summed E-state index contributed by atoms with van der Waals surface area (Å²) in [4.78, 5) is 70.8. The molecule has 2 aromatic heterocycles. The quantitative estimate of drug-likeness (QED) is 0.0989.